The van der Waals surface area contributed by atoms with Crippen LogP contribution in [0.25, 0.3) is 10.8 Å². The molecule has 0 saturated carbocycles. The molecular formula is C25H27NO3. The van der Waals surface area contributed by atoms with E-state index < -0.39 is 5.97 Å². The predicted octanol–water partition coefficient (Wildman–Crippen LogP) is 5.12. The zero-order valence-electron chi connectivity index (χ0n) is 16.8. The molecular weight excluding hydrogens is 362 g/mol. The average Bonchev–Trinajstić information content (AvgIpc) is 2.76. The first-order chi connectivity index (χ1) is 14.2. The number of rotatable bonds is 6. The molecule has 1 fully saturated rings. The van der Waals surface area contributed by atoms with Crippen LogP contribution in [0, 0.1) is 5.92 Å². The van der Waals surface area contributed by atoms with Gasteiger partial charge in [-0.05, 0) is 55.3 Å². The number of aliphatic carboxylic acids is 1. The molecule has 0 radical (unpaired) electrons. The number of carboxylic acids is 1. The Bertz CT molecular complexity index is 987. The van der Waals surface area contributed by atoms with Gasteiger partial charge in [-0.15, -0.1) is 0 Å². The molecule has 1 N–H and O–H groups in total. The van der Waals surface area contributed by atoms with Crippen molar-refractivity contribution in [3.05, 3.63) is 77.9 Å². The van der Waals surface area contributed by atoms with Gasteiger partial charge in [-0.25, -0.2) is 0 Å². The number of piperidine rings is 1. The smallest absolute Gasteiger partial charge is 0.306 e. The topological polar surface area (TPSA) is 49.8 Å². The zero-order chi connectivity index (χ0) is 20.2. The first-order valence-electron chi connectivity index (χ1n) is 10.3. The van der Waals surface area contributed by atoms with E-state index in [9.17, 15) is 9.90 Å². The molecule has 1 atom stereocenters. The SMILES string of the molecule is CCOc1ccccc1C(c1cccc2ccccc12)N1CCC(C(=O)O)CC1. The number of fused-ring (bicyclic) bond motifs is 1. The summed E-state index contributed by atoms with van der Waals surface area (Å²) in [7, 11) is 0. The molecule has 4 rings (SSSR count). The third-order valence-electron chi connectivity index (χ3n) is 5.88. The molecule has 1 heterocycles. The van der Waals surface area contributed by atoms with Gasteiger partial charge in [-0.3, -0.25) is 9.69 Å². The summed E-state index contributed by atoms with van der Waals surface area (Å²) in [5, 5.41) is 11.9. The molecule has 1 aliphatic rings. The van der Waals surface area contributed by atoms with Gasteiger partial charge in [0.15, 0.2) is 0 Å². The maximum atomic E-state index is 11.4. The fourth-order valence-corrected chi connectivity index (χ4v) is 4.45. The highest BCUT2D eigenvalue weighted by atomic mass is 16.5. The van der Waals surface area contributed by atoms with E-state index in [0.29, 0.717) is 19.4 Å². The summed E-state index contributed by atoms with van der Waals surface area (Å²) in [6, 6.07) is 23.2. The van der Waals surface area contributed by atoms with Crippen molar-refractivity contribution in [3.8, 4) is 5.75 Å². The van der Waals surface area contributed by atoms with Crippen LogP contribution in [0.4, 0.5) is 0 Å². The first kappa shape index (κ1) is 19.5. The van der Waals surface area contributed by atoms with Gasteiger partial charge in [-0.2, -0.15) is 0 Å². The van der Waals surface area contributed by atoms with Gasteiger partial charge in [0.1, 0.15) is 5.75 Å². The summed E-state index contributed by atoms with van der Waals surface area (Å²) >= 11 is 0. The molecule has 1 aliphatic heterocycles. The van der Waals surface area contributed by atoms with Crippen molar-refractivity contribution in [2.45, 2.75) is 25.8 Å². The highest BCUT2D eigenvalue weighted by Gasteiger charge is 2.32. The standard InChI is InChI=1S/C25H27NO3/c1-2-29-23-13-6-5-11-22(23)24(26-16-14-19(15-17-26)25(27)28)21-12-7-9-18-8-3-4-10-20(18)21/h3-13,19,24H,2,14-17H2,1H3,(H,27,28). The molecule has 1 saturated heterocycles. The summed E-state index contributed by atoms with van der Waals surface area (Å²) in [5.74, 6) is -0.0316. The monoisotopic (exact) mass is 389 g/mol. The lowest BCUT2D eigenvalue weighted by Gasteiger charge is -2.38. The van der Waals surface area contributed by atoms with E-state index in [-0.39, 0.29) is 12.0 Å². The molecule has 0 spiro atoms. The van der Waals surface area contributed by atoms with E-state index in [2.05, 4.69) is 59.5 Å². The van der Waals surface area contributed by atoms with E-state index >= 15 is 0 Å². The lowest BCUT2D eigenvalue weighted by Crippen LogP contribution is -2.39. The molecule has 0 bridgehead atoms. The van der Waals surface area contributed by atoms with Gasteiger partial charge >= 0.3 is 5.97 Å². The largest absolute Gasteiger partial charge is 0.494 e. The molecule has 3 aromatic carbocycles. The minimum atomic E-state index is -0.680. The lowest BCUT2D eigenvalue weighted by molar-refractivity contribution is -0.143. The van der Waals surface area contributed by atoms with Crippen LogP contribution >= 0.6 is 0 Å². The third kappa shape index (κ3) is 3.99. The second-order valence-corrected chi connectivity index (χ2v) is 7.59. The number of nitrogens with zero attached hydrogens (tertiary/aromatic N) is 1. The number of para-hydroxylation sites is 1. The number of carbonyl (C=O) groups is 1. The van der Waals surface area contributed by atoms with E-state index in [4.69, 9.17) is 4.74 Å². The Kier molecular flexibility index (Phi) is 5.81. The molecule has 0 aliphatic carbocycles. The quantitative estimate of drug-likeness (QED) is 0.635. The highest BCUT2D eigenvalue weighted by Crippen LogP contribution is 2.39. The van der Waals surface area contributed by atoms with E-state index in [0.717, 1.165) is 24.4 Å². The van der Waals surface area contributed by atoms with Gasteiger partial charge in [0, 0.05) is 5.56 Å². The Morgan fingerprint density at radius 2 is 1.66 bits per heavy atom. The number of hydrogen-bond donors (Lipinski definition) is 1. The number of hydrogen-bond acceptors (Lipinski definition) is 3. The van der Waals surface area contributed by atoms with Crippen LogP contribution in [0.2, 0.25) is 0 Å². The van der Waals surface area contributed by atoms with E-state index in [1.54, 1.807) is 0 Å². The predicted molar refractivity (Wildman–Crippen MR) is 115 cm³/mol. The summed E-state index contributed by atoms with van der Waals surface area (Å²) in [6.07, 6.45) is 1.35. The number of carboxylic acid groups (broad SMARTS) is 1. The maximum absolute atomic E-state index is 11.4. The number of ether oxygens (including phenoxy) is 1. The molecule has 0 amide bonds. The second-order valence-electron chi connectivity index (χ2n) is 7.59. The molecule has 3 aromatic rings. The van der Waals surface area contributed by atoms with Gasteiger partial charge in [0.05, 0.1) is 18.6 Å². The molecule has 1 unspecified atom stereocenters. The maximum Gasteiger partial charge on any atom is 0.306 e. The van der Waals surface area contributed by atoms with Crippen molar-refractivity contribution in [3.63, 3.8) is 0 Å². The Labute approximate surface area is 171 Å². The Hall–Kier alpha value is -2.85. The highest BCUT2D eigenvalue weighted by molar-refractivity contribution is 5.86. The fourth-order valence-electron chi connectivity index (χ4n) is 4.45. The molecule has 0 aromatic heterocycles. The van der Waals surface area contributed by atoms with E-state index in [1.165, 1.54) is 16.3 Å². The summed E-state index contributed by atoms with van der Waals surface area (Å²) in [6.45, 7) is 4.12. The van der Waals surface area contributed by atoms with Gasteiger partial charge < -0.3 is 9.84 Å². The number of likely N-dealkylation sites (tertiary alicyclic amines) is 1. The van der Waals surface area contributed by atoms with Crippen LogP contribution in [0.1, 0.15) is 36.9 Å². The zero-order valence-corrected chi connectivity index (χ0v) is 16.8. The summed E-state index contributed by atoms with van der Waals surface area (Å²) in [5.41, 5.74) is 2.38. The lowest BCUT2D eigenvalue weighted by atomic mass is 9.88. The van der Waals surface area contributed by atoms with Crippen LogP contribution < -0.4 is 4.74 Å². The van der Waals surface area contributed by atoms with Crippen LogP contribution in [0.5, 0.6) is 5.75 Å². The normalized spacial score (nSPS) is 16.6. The summed E-state index contributed by atoms with van der Waals surface area (Å²) < 4.78 is 5.98. The van der Waals surface area contributed by atoms with Crippen molar-refractivity contribution in [1.29, 1.82) is 0 Å². The van der Waals surface area contributed by atoms with Crippen molar-refractivity contribution < 1.29 is 14.6 Å². The van der Waals surface area contributed by atoms with Crippen LogP contribution in [0.15, 0.2) is 66.7 Å². The van der Waals surface area contributed by atoms with Crippen molar-refractivity contribution in [2.24, 2.45) is 5.92 Å². The Morgan fingerprint density at radius 1 is 1.00 bits per heavy atom. The van der Waals surface area contributed by atoms with Crippen molar-refractivity contribution in [2.75, 3.05) is 19.7 Å². The number of benzene rings is 3. The van der Waals surface area contributed by atoms with E-state index in [1.807, 2.05) is 19.1 Å². The Morgan fingerprint density at radius 3 is 2.41 bits per heavy atom. The van der Waals surface area contributed by atoms with Crippen LogP contribution in [-0.4, -0.2) is 35.7 Å². The molecule has 150 valence electrons. The molecule has 4 nitrogen and oxygen atoms in total. The van der Waals surface area contributed by atoms with Crippen molar-refractivity contribution in [1.82, 2.24) is 4.90 Å². The van der Waals surface area contributed by atoms with Gasteiger partial charge in [0.2, 0.25) is 0 Å². The van der Waals surface area contributed by atoms with Gasteiger partial charge in [-0.1, -0.05) is 60.7 Å². The second kappa shape index (κ2) is 8.66. The average molecular weight is 389 g/mol. The first-order valence-corrected chi connectivity index (χ1v) is 10.3. The third-order valence-corrected chi connectivity index (χ3v) is 5.88. The van der Waals surface area contributed by atoms with Crippen LogP contribution in [0.3, 0.4) is 0 Å². The minimum Gasteiger partial charge on any atom is -0.494 e. The van der Waals surface area contributed by atoms with Crippen LogP contribution in [-0.2, 0) is 4.79 Å². The molecule has 29 heavy (non-hydrogen) atoms. The minimum absolute atomic E-state index is 0.0265. The van der Waals surface area contributed by atoms with Gasteiger partial charge in [0.25, 0.3) is 0 Å². The Balaban J connectivity index is 1.81. The summed E-state index contributed by atoms with van der Waals surface area (Å²) in [4.78, 5) is 13.9. The fraction of sp³-hybridized carbons (Fsp3) is 0.320. The molecule has 4 heteroatoms. The van der Waals surface area contributed by atoms with Crippen molar-refractivity contribution >= 4 is 16.7 Å².